The first-order valence-corrected chi connectivity index (χ1v) is 9.36. The second kappa shape index (κ2) is 7.82. The van der Waals surface area contributed by atoms with Crippen LogP contribution in [0.5, 0.6) is 0 Å². The molecule has 2 heterocycles. The van der Waals surface area contributed by atoms with Gasteiger partial charge in [-0.2, -0.15) is 0 Å². The smallest absolute Gasteiger partial charge is 0.236 e. The van der Waals surface area contributed by atoms with Crippen LogP contribution in [0.3, 0.4) is 0 Å². The fourth-order valence-electron chi connectivity index (χ4n) is 3.39. The first-order valence-electron chi connectivity index (χ1n) is 9.36. The molecule has 0 amide bonds. The van der Waals surface area contributed by atoms with Crippen molar-refractivity contribution in [3.8, 4) is 0 Å². The minimum atomic E-state index is -0.737. The van der Waals surface area contributed by atoms with Gasteiger partial charge in [0.15, 0.2) is 0 Å². The molecule has 2 aromatic heterocycles. The topological polar surface area (TPSA) is 78.1 Å². The third-order valence-electron chi connectivity index (χ3n) is 4.84. The standard InChI is InChI=1S/C23H23N3O2/c1-23(24,16-17-9-4-2-5-10-17)22-26-25-21(28-22)15-19(20-13-8-14-27-20)18-11-6-3-7-12-18/h2-14,19H,15-16,24H2,1H3/t19?,23-/m1/s1. The predicted octanol–water partition coefficient (Wildman–Crippen LogP) is 4.45. The lowest BCUT2D eigenvalue weighted by Crippen LogP contribution is -2.35. The Morgan fingerprint density at radius 3 is 2.32 bits per heavy atom. The molecule has 5 nitrogen and oxygen atoms in total. The molecule has 0 bridgehead atoms. The second-order valence-electron chi connectivity index (χ2n) is 7.26. The highest BCUT2D eigenvalue weighted by atomic mass is 16.4. The number of aromatic nitrogens is 2. The summed E-state index contributed by atoms with van der Waals surface area (Å²) >= 11 is 0. The maximum Gasteiger partial charge on any atom is 0.236 e. The van der Waals surface area contributed by atoms with Crippen molar-refractivity contribution in [3.05, 3.63) is 108 Å². The van der Waals surface area contributed by atoms with Gasteiger partial charge in [-0.3, -0.25) is 0 Å². The zero-order valence-corrected chi connectivity index (χ0v) is 15.8. The molecule has 0 aliphatic rings. The number of hydrogen-bond donors (Lipinski definition) is 1. The van der Waals surface area contributed by atoms with E-state index in [1.165, 1.54) is 0 Å². The number of nitrogens with zero attached hydrogens (tertiary/aromatic N) is 2. The van der Waals surface area contributed by atoms with Crippen molar-refractivity contribution in [1.29, 1.82) is 0 Å². The third-order valence-corrected chi connectivity index (χ3v) is 4.84. The van der Waals surface area contributed by atoms with Gasteiger partial charge in [0.25, 0.3) is 0 Å². The molecule has 5 heteroatoms. The van der Waals surface area contributed by atoms with Crippen LogP contribution in [0.2, 0.25) is 0 Å². The molecule has 0 saturated heterocycles. The molecule has 142 valence electrons. The quantitative estimate of drug-likeness (QED) is 0.518. The predicted molar refractivity (Wildman–Crippen MR) is 107 cm³/mol. The lowest BCUT2D eigenvalue weighted by Gasteiger charge is -2.20. The SMILES string of the molecule is C[C@@](N)(Cc1ccccc1)c1nnc(CC(c2ccccc2)c2ccco2)o1. The third kappa shape index (κ3) is 4.05. The minimum absolute atomic E-state index is 0.00246. The highest BCUT2D eigenvalue weighted by Crippen LogP contribution is 2.29. The molecule has 2 aromatic carbocycles. The molecule has 2 atom stereocenters. The highest BCUT2D eigenvalue weighted by Gasteiger charge is 2.29. The van der Waals surface area contributed by atoms with Gasteiger partial charge in [-0.1, -0.05) is 60.7 Å². The highest BCUT2D eigenvalue weighted by molar-refractivity contribution is 5.28. The largest absolute Gasteiger partial charge is 0.469 e. The van der Waals surface area contributed by atoms with Gasteiger partial charge >= 0.3 is 0 Å². The van der Waals surface area contributed by atoms with Crippen molar-refractivity contribution in [2.75, 3.05) is 0 Å². The molecular formula is C23H23N3O2. The second-order valence-corrected chi connectivity index (χ2v) is 7.26. The van der Waals surface area contributed by atoms with Crippen LogP contribution in [0.15, 0.2) is 87.9 Å². The Balaban J connectivity index is 1.56. The molecule has 0 aliphatic heterocycles. The number of furan rings is 1. The maximum atomic E-state index is 6.51. The van der Waals surface area contributed by atoms with Crippen LogP contribution in [-0.4, -0.2) is 10.2 Å². The summed E-state index contributed by atoms with van der Waals surface area (Å²) in [6.45, 7) is 1.92. The zero-order valence-electron chi connectivity index (χ0n) is 15.8. The van der Waals surface area contributed by atoms with Crippen molar-refractivity contribution in [3.63, 3.8) is 0 Å². The molecule has 28 heavy (non-hydrogen) atoms. The van der Waals surface area contributed by atoms with E-state index >= 15 is 0 Å². The van der Waals surface area contributed by atoms with Gasteiger partial charge in [-0.05, 0) is 36.6 Å². The molecule has 0 radical (unpaired) electrons. The molecule has 1 unspecified atom stereocenters. The molecule has 0 aliphatic carbocycles. The lowest BCUT2D eigenvalue weighted by molar-refractivity contribution is 0.332. The van der Waals surface area contributed by atoms with Crippen molar-refractivity contribution in [1.82, 2.24) is 10.2 Å². The number of nitrogens with two attached hydrogens (primary N) is 1. The summed E-state index contributed by atoms with van der Waals surface area (Å²) < 4.78 is 11.6. The monoisotopic (exact) mass is 373 g/mol. The van der Waals surface area contributed by atoms with Gasteiger partial charge in [0.05, 0.1) is 17.7 Å². The Labute approximate surface area is 164 Å². The average Bonchev–Trinajstić information content (AvgIpc) is 3.40. The lowest BCUT2D eigenvalue weighted by atomic mass is 9.93. The summed E-state index contributed by atoms with van der Waals surface area (Å²) in [6.07, 6.45) is 2.85. The van der Waals surface area contributed by atoms with Crippen LogP contribution in [0.1, 0.15) is 41.5 Å². The van der Waals surface area contributed by atoms with E-state index in [9.17, 15) is 0 Å². The molecule has 0 saturated carbocycles. The summed E-state index contributed by atoms with van der Waals surface area (Å²) in [5.74, 6) is 1.86. The van der Waals surface area contributed by atoms with E-state index in [4.69, 9.17) is 14.6 Å². The van der Waals surface area contributed by atoms with Gasteiger partial charge in [0, 0.05) is 6.42 Å². The molecule has 2 N–H and O–H groups in total. The fourth-order valence-corrected chi connectivity index (χ4v) is 3.39. The van der Waals surface area contributed by atoms with Crippen molar-refractivity contribution < 1.29 is 8.83 Å². The number of benzene rings is 2. The Bertz CT molecular complexity index is 993. The van der Waals surface area contributed by atoms with Crippen LogP contribution in [0.25, 0.3) is 0 Å². The Morgan fingerprint density at radius 2 is 1.64 bits per heavy atom. The molecule has 0 fully saturated rings. The van der Waals surface area contributed by atoms with Gasteiger partial charge in [-0.15, -0.1) is 10.2 Å². The first kappa shape index (κ1) is 18.2. The summed E-state index contributed by atoms with van der Waals surface area (Å²) in [4.78, 5) is 0. The van der Waals surface area contributed by atoms with Crippen LogP contribution in [0, 0.1) is 0 Å². The average molecular weight is 373 g/mol. The van der Waals surface area contributed by atoms with Crippen LogP contribution < -0.4 is 5.73 Å². The van der Waals surface area contributed by atoms with Gasteiger partial charge in [0.1, 0.15) is 5.76 Å². The normalized spacial score (nSPS) is 14.5. The summed E-state index contributed by atoms with van der Waals surface area (Å²) in [5.41, 5.74) is 8.03. The van der Waals surface area contributed by atoms with E-state index in [0.717, 1.165) is 16.9 Å². The van der Waals surface area contributed by atoms with E-state index in [-0.39, 0.29) is 5.92 Å². The van der Waals surface area contributed by atoms with Crippen molar-refractivity contribution in [2.24, 2.45) is 5.73 Å². The minimum Gasteiger partial charge on any atom is -0.469 e. The molecule has 4 rings (SSSR count). The Morgan fingerprint density at radius 1 is 0.929 bits per heavy atom. The number of hydrogen-bond acceptors (Lipinski definition) is 5. The van der Waals surface area contributed by atoms with Gasteiger partial charge in [0.2, 0.25) is 11.8 Å². The fraction of sp³-hybridized carbons (Fsp3) is 0.217. The van der Waals surface area contributed by atoms with E-state index in [2.05, 4.69) is 22.3 Å². The zero-order chi connectivity index (χ0) is 19.4. The molecular weight excluding hydrogens is 350 g/mol. The van der Waals surface area contributed by atoms with Crippen LogP contribution >= 0.6 is 0 Å². The molecule has 4 aromatic rings. The van der Waals surface area contributed by atoms with E-state index in [1.807, 2.05) is 67.6 Å². The van der Waals surface area contributed by atoms with Crippen LogP contribution in [0.4, 0.5) is 0 Å². The van der Waals surface area contributed by atoms with Gasteiger partial charge in [-0.25, -0.2) is 0 Å². The van der Waals surface area contributed by atoms with E-state index in [1.54, 1.807) is 6.26 Å². The Kier molecular flexibility index (Phi) is 5.08. The summed E-state index contributed by atoms with van der Waals surface area (Å²) in [7, 11) is 0. The first-order chi connectivity index (χ1) is 13.6. The molecule has 0 spiro atoms. The van der Waals surface area contributed by atoms with Crippen molar-refractivity contribution in [2.45, 2.75) is 31.2 Å². The van der Waals surface area contributed by atoms with Crippen molar-refractivity contribution >= 4 is 0 Å². The van der Waals surface area contributed by atoms with E-state index < -0.39 is 5.54 Å². The van der Waals surface area contributed by atoms with E-state index in [0.29, 0.717) is 24.6 Å². The van der Waals surface area contributed by atoms with Gasteiger partial charge < -0.3 is 14.6 Å². The number of rotatable bonds is 7. The summed E-state index contributed by atoms with van der Waals surface area (Å²) in [6, 6.07) is 24.1. The Hall–Kier alpha value is -3.18. The summed E-state index contributed by atoms with van der Waals surface area (Å²) in [5, 5.41) is 8.50. The van der Waals surface area contributed by atoms with Crippen LogP contribution in [-0.2, 0) is 18.4 Å². The maximum absolute atomic E-state index is 6.51.